The van der Waals surface area contributed by atoms with Crippen LogP contribution < -0.4 is 10.2 Å². The summed E-state index contributed by atoms with van der Waals surface area (Å²) in [6.45, 7) is 5.78. The molecule has 0 radical (unpaired) electrons. The number of methoxy groups -OCH3 is 1. The Kier molecular flexibility index (Phi) is 6.14. The molecule has 1 aliphatic heterocycles. The Morgan fingerprint density at radius 1 is 1.45 bits per heavy atom. The highest BCUT2D eigenvalue weighted by molar-refractivity contribution is 6.31. The number of anilines is 1. The van der Waals surface area contributed by atoms with Gasteiger partial charge in [-0.3, -0.25) is 0 Å². The van der Waals surface area contributed by atoms with E-state index in [0.717, 1.165) is 36.8 Å². The third kappa shape index (κ3) is 3.87. The number of hydrogen-bond acceptors (Lipinski definition) is 3. The van der Waals surface area contributed by atoms with Gasteiger partial charge < -0.3 is 15.0 Å². The quantitative estimate of drug-likeness (QED) is 0.780. The van der Waals surface area contributed by atoms with Gasteiger partial charge in [0.1, 0.15) is 0 Å². The topological polar surface area (TPSA) is 24.5 Å². The predicted octanol–water partition coefficient (Wildman–Crippen LogP) is 3.45. The fourth-order valence-corrected chi connectivity index (χ4v) is 3.10. The van der Waals surface area contributed by atoms with Crippen molar-refractivity contribution in [2.45, 2.75) is 38.8 Å². The fraction of sp³-hybridized carbons (Fsp3) is 0.625. The summed E-state index contributed by atoms with van der Waals surface area (Å²) in [5, 5.41) is 4.19. The normalized spacial score (nSPS) is 18.8. The lowest BCUT2D eigenvalue weighted by Crippen LogP contribution is -2.28. The first-order valence-electron chi connectivity index (χ1n) is 7.51. The summed E-state index contributed by atoms with van der Waals surface area (Å²) in [6.07, 6.45) is 3.79. The first kappa shape index (κ1) is 15.6. The lowest BCUT2D eigenvalue weighted by molar-refractivity contribution is 0.199. The van der Waals surface area contributed by atoms with Crippen LogP contribution in [0.15, 0.2) is 18.2 Å². The standard InChI is InChI=1S/C16H25ClN2O/c1-3-14-5-4-9-19(14)15-7-6-13(16(17)11-15)12-18-8-10-20-2/h6-7,11,14,18H,3-5,8-10,12H2,1-2H3. The third-order valence-electron chi connectivity index (χ3n) is 4.02. The van der Waals surface area contributed by atoms with Gasteiger partial charge in [-0.15, -0.1) is 0 Å². The van der Waals surface area contributed by atoms with Crippen molar-refractivity contribution >= 4 is 17.3 Å². The van der Waals surface area contributed by atoms with E-state index in [4.69, 9.17) is 16.3 Å². The lowest BCUT2D eigenvalue weighted by Gasteiger charge is -2.26. The molecule has 1 unspecified atom stereocenters. The maximum atomic E-state index is 6.41. The minimum absolute atomic E-state index is 0.678. The second-order valence-corrected chi connectivity index (χ2v) is 5.75. The molecule has 1 aliphatic rings. The fourth-order valence-electron chi connectivity index (χ4n) is 2.86. The van der Waals surface area contributed by atoms with Crippen molar-refractivity contribution in [1.29, 1.82) is 0 Å². The van der Waals surface area contributed by atoms with Crippen molar-refractivity contribution in [3.05, 3.63) is 28.8 Å². The molecule has 1 heterocycles. The number of benzene rings is 1. The largest absolute Gasteiger partial charge is 0.383 e. The maximum absolute atomic E-state index is 6.41. The Labute approximate surface area is 127 Å². The highest BCUT2D eigenvalue weighted by atomic mass is 35.5. The summed E-state index contributed by atoms with van der Waals surface area (Å²) in [4.78, 5) is 2.49. The molecule has 0 bridgehead atoms. The van der Waals surface area contributed by atoms with Gasteiger partial charge in [-0.2, -0.15) is 0 Å². The number of halogens is 1. The monoisotopic (exact) mass is 296 g/mol. The molecule has 0 amide bonds. The molecule has 1 saturated heterocycles. The van der Waals surface area contributed by atoms with Crippen LogP contribution in [-0.4, -0.2) is 32.8 Å². The van der Waals surface area contributed by atoms with E-state index >= 15 is 0 Å². The molecule has 0 aromatic heterocycles. The third-order valence-corrected chi connectivity index (χ3v) is 4.37. The van der Waals surface area contributed by atoms with E-state index in [9.17, 15) is 0 Å². The van der Waals surface area contributed by atoms with Crippen LogP contribution in [-0.2, 0) is 11.3 Å². The summed E-state index contributed by atoms with van der Waals surface area (Å²) in [5.74, 6) is 0. The van der Waals surface area contributed by atoms with Crippen LogP contribution in [0.25, 0.3) is 0 Å². The van der Waals surface area contributed by atoms with Gasteiger partial charge in [-0.05, 0) is 37.0 Å². The zero-order chi connectivity index (χ0) is 14.4. The summed E-state index contributed by atoms with van der Waals surface area (Å²) in [7, 11) is 1.71. The Hall–Kier alpha value is -0.770. The molecule has 1 N–H and O–H groups in total. The number of ether oxygens (including phenoxy) is 1. The highest BCUT2D eigenvalue weighted by Crippen LogP contribution is 2.30. The van der Waals surface area contributed by atoms with E-state index in [-0.39, 0.29) is 0 Å². The van der Waals surface area contributed by atoms with Gasteiger partial charge in [0, 0.05) is 43.5 Å². The first-order chi connectivity index (χ1) is 9.76. The summed E-state index contributed by atoms with van der Waals surface area (Å²) in [6, 6.07) is 7.13. The molecule has 0 saturated carbocycles. The van der Waals surface area contributed by atoms with Gasteiger partial charge in [0.05, 0.1) is 6.61 Å². The SMILES string of the molecule is CCC1CCCN1c1ccc(CNCCOC)c(Cl)c1. The van der Waals surface area contributed by atoms with Crippen LogP contribution in [0, 0.1) is 0 Å². The number of nitrogens with zero attached hydrogens (tertiary/aromatic N) is 1. The predicted molar refractivity (Wildman–Crippen MR) is 85.7 cm³/mol. The molecule has 20 heavy (non-hydrogen) atoms. The number of hydrogen-bond donors (Lipinski definition) is 1. The van der Waals surface area contributed by atoms with E-state index in [1.165, 1.54) is 24.9 Å². The minimum Gasteiger partial charge on any atom is -0.383 e. The maximum Gasteiger partial charge on any atom is 0.0587 e. The molecule has 3 nitrogen and oxygen atoms in total. The van der Waals surface area contributed by atoms with E-state index < -0.39 is 0 Å². The molecule has 2 rings (SSSR count). The van der Waals surface area contributed by atoms with Crippen LogP contribution in [0.5, 0.6) is 0 Å². The Morgan fingerprint density at radius 3 is 3.00 bits per heavy atom. The summed E-state index contributed by atoms with van der Waals surface area (Å²) >= 11 is 6.41. The van der Waals surface area contributed by atoms with Crippen LogP contribution in [0.2, 0.25) is 5.02 Å². The highest BCUT2D eigenvalue weighted by Gasteiger charge is 2.23. The van der Waals surface area contributed by atoms with E-state index in [2.05, 4.69) is 35.3 Å². The zero-order valence-electron chi connectivity index (χ0n) is 12.5. The van der Waals surface area contributed by atoms with Crippen LogP contribution in [0.3, 0.4) is 0 Å². The minimum atomic E-state index is 0.678. The molecule has 1 fully saturated rings. The van der Waals surface area contributed by atoms with Crippen molar-refractivity contribution < 1.29 is 4.74 Å². The van der Waals surface area contributed by atoms with E-state index in [1.807, 2.05) is 0 Å². The van der Waals surface area contributed by atoms with Crippen molar-refractivity contribution in [3.63, 3.8) is 0 Å². The van der Waals surface area contributed by atoms with Crippen molar-refractivity contribution in [3.8, 4) is 0 Å². The average molecular weight is 297 g/mol. The van der Waals surface area contributed by atoms with E-state index in [1.54, 1.807) is 7.11 Å². The zero-order valence-corrected chi connectivity index (χ0v) is 13.2. The molecular formula is C16H25ClN2O. The molecular weight excluding hydrogens is 272 g/mol. The lowest BCUT2D eigenvalue weighted by atomic mass is 10.1. The van der Waals surface area contributed by atoms with Gasteiger partial charge in [0.2, 0.25) is 0 Å². The first-order valence-corrected chi connectivity index (χ1v) is 7.88. The van der Waals surface area contributed by atoms with Crippen molar-refractivity contribution in [1.82, 2.24) is 5.32 Å². The summed E-state index contributed by atoms with van der Waals surface area (Å²) < 4.78 is 5.02. The molecule has 0 aliphatic carbocycles. The van der Waals surface area contributed by atoms with E-state index in [0.29, 0.717) is 6.04 Å². The van der Waals surface area contributed by atoms with Gasteiger partial charge in [0.25, 0.3) is 0 Å². The Balaban J connectivity index is 1.98. The molecule has 112 valence electrons. The van der Waals surface area contributed by atoms with Crippen LogP contribution in [0.1, 0.15) is 31.7 Å². The van der Waals surface area contributed by atoms with Gasteiger partial charge in [-0.25, -0.2) is 0 Å². The average Bonchev–Trinajstić information content (AvgIpc) is 2.93. The summed E-state index contributed by atoms with van der Waals surface area (Å²) in [5.41, 5.74) is 2.42. The van der Waals surface area contributed by atoms with Crippen LogP contribution >= 0.6 is 11.6 Å². The van der Waals surface area contributed by atoms with Gasteiger partial charge in [0.15, 0.2) is 0 Å². The molecule has 1 aromatic rings. The molecule has 4 heteroatoms. The second-order valence-electron chi connectivity index (χ2n) is 5.34. The Morgan fingerprint density at radius 2 is 2.30 bits per heavy atom. The number of rotatable bonds is 7. The molecule has 0 spiro atoms. The van der Waals surface area contributed by atoms with Crippen LogP contribution in [0.4, 0.5) is 5.69 Å². The number of nitrogens with one attached hydrogen (secondary N) is 1. The molecule has 1 aromatic carbocycles. The van der Waals surface area contributed by atoms with Gasteiger partial charge >= 0.3 is 0 Å². The van der Waals surface area contributed by atoms with Crippen molar-refractivity contribution in [2.75, 3.05) is 31.7 Å². The molecule has 1 atom stereocenters. The smallest absolute Gasteiger partial charge is 0.0587 e. The second kappa shape index (κ2) is 7.87. The van der Waals surface area contributed by atoms with Crippen molar-refractivity contribution in [2.24, 2.45) is 0 Å². The van der Waals surface area contributed by atoms with Gasteiger partial charge in [-0.1, -0.05) is 24.6 Å². The Bertz CT molecular complexity index is 425.